The average molecular weight is 565 g/mol. The number of fused-ring (bicyclic) bond motifs is 3. The third kappa shape index (κ3) is 4.24. The highest BCUT2D eigenvalue weighted by molar-refractivity contribution is 6.24. The van der Waals surface area contributed by atoms with Gasteiger partial charge in [0.15, 0.2) is 11.4 Å². The van der Waals surface area contributed by atoms with Crippen molar-refractivity contribution in [3.8, 4) is 11.8 Å². The van der Waals surface area contributed by atoms with Crippen LogP contribution in [0.3, 0.4) is 0 Å². The number of primary amides is 1. The van der Waals surface area contributed by atoms with Gasteiger partial charge < -0.3 is 26.2 Å². The maximum absolute atomic E-state index is 13.9. The minimum absolute atomic E-state index is 0.0250. The molecule has 0 bridgehead atoms. The van der Waals surface area contributed by atoms with Gasteiger partial charge in [-0.05, 0) is 81.4 Å². The minimum Gasteiger partial charge on any atom is -0.508 e. The molecule has 0 spiro atoms. The number of rotatable bonds is 4. The molecule has 1 aliphatic heterocycles. The van der Waals surface area contributed by atoms with Gasteiger partial charge in [0.1, 0.15) is 22.8 Å². The summed E-state index contributed by atoms with van der Waals surface area (Å²) in [5, 5.41) is 55.3. The number of carbonyl (C=O) groups is 3. The van der Waals surface area contributed by atoms with Crippen LogP contribution in [0.2, 0.25) is 0 Å². The molecule has 1 amide bonds. The number of benzene rings is 1. The first-order valence-corrected chi connectivity index (χ1v) is 13.8. The van der Waals surface area contributed by atoms with E-state index >= 15 is 0 Å². The number of nitrogens with two attached hydrogens (primary N) is 1. The predicted octanol–water partition coefficient (Wildman–Crippen LogP) is 1.46. The molecule has 41 heavy (non-hydrogen) atoms. The number of ketones is 2. The van der Waals surface area contributed by atoms with E-state index in [-0.39, 0.29) is 35.1 Å². The number of phenols is 1. The number of aromatic hydroxyl groups is 1. The topological polar surface area (TPSA) is 188 Å². The first-order chi connectivity index (χ1) is 19.1. The van der Waals surface area contributed by atoms with Crippen molar-refractivity contribution in [3.63, 3.8) is 0 Å². The van der Waals surface area contributed by atoms with Crippen LogP contribution in [0.15, 0.2) is 23.0 Å². The van der Waals surface area contributed by atoms with E-state index in [4.69, 9.17) is 5.73 Å². The SMILES string of the molecule is CN(C)[C@@H]1C(=O)C(C(N)=O)=C(O)[C@@]2(O)C(=O)C3=C(O)c4c(O)cc(CN5CCC(C)(C)CC5)c(C#N)c4C[C@H]3C[C@@H]12. The van der Waals surface area contributed by atoms with Crippen molar-refractivity contribution >= 4 is 23.2 Å². The number of likely N-dealkylation sites (N-methyl/N-ethyl adjacent to an activating group) is 1. The third-order valence-corrected chi connectivity index (χ3v) is 9.52. The molecule has 1 saturated carbocycles. The number of nitriles is 1. The fraction of sp³-hybridized carbons (Fsp3) is 0.533. The van der Waals surface area contributed by atoms with Crippen molar-refractivity contribution in [2.45, 2.75) is 57.7 Å². The van der Waals surface area contributed by atoms with Crippen LogP contribution < -0.4 is 5.73 Å². The number of hydrogen-bond donors (Lipinski definition) is 5. The second-order valence-corrected chi connectivity index (χ2v) is 12.8. The van der Waals surface area contributed by atoms with E-state index in [9.17, 15) is 40.1 Å². The molecule has 3 aliphatic carbocycles. The van der Waals surface area contributed by atoms with Gasteiger partial charge in [0, 0.05) is 18.0 Å². The average Bonchev–Trinajstić information content (AvgIpc) is 2.87. The lowest BCUT2D eigenvalue weighted by molar-refractivity contribution is -0.153. The minimum atomic E-state index is -2.69. The molecule has 0 radical (unpaired) electrons. The summed E-state index contributed by atoms with van der Waals surface area (Å²) in [5.41, 5.74) is 3.06. The van der Waals surface area contributed by atoms with Crippen LogP contribution in [0.1, 0.15) is 55.4 Å². The Morgan fingerprint density at radius 1 is 1.20 bits per heavy atom. The highest BCUT2D eigenvalue weighted by Crippen LogP contribution is 2.53. The number of nitrogens with zero attached hydrogens (tertiary/aromatic N) is 3. The lowest BCUT2D eigenvalue weighted by atomic mass is 9.57. The first kappa shape index (κ1) is 28.8. The number of phenolic OH excluding ortho intramolecular Hbond substituents is 1. The summed E-state index contributed by atoms with van der Waals surface area (Å²) in [6, 6.07) is 2.51. The summed E-state index contributed by atoms with van der Waals surface area (Å²) in [4.78, 5) is 43.0. The standard InChI is InChI=1S/C30H36N4O7/c1-29(2)5-7-34(8-6-29)13-15-11-19(35)21-16(17(15)12-31)9-14-10-18-23(33(3)4)25(37)22(28(32)40)27(39)30(18,41)26(38)20(14)24(21)36/h11,14,18,23,35-36,39,41H,5-10,13H2,1-4H3,(H2,32,40)/t14-,18-,23-,30-/m0/s1. The normalized spacial score (nSPS) is 29.6. The Balaban J connectivity index is 1.62. The number of piperidine rings is 1. The van der Waals surface area contributed by atoms with Crippen LogP contribution in [0, 0.1) is 28.6 Å². The highest BCUT2D eigenvalue weighted by atomic mass is 16.3. The molecule has 2 fully saturated rings. The third-order valence-electron chi connectivity index (χ3n) is 9.52. The predicted molar refractivity (Wildman–Crippen MR) is 147 cm³/mol. The molecule has 218 valence electrons. The molecule has 0 aromatic heterocycles. The Kier molecular flexibility index (Phi) is 6.80. The van der Waals surface area contributed by atoms with Gasteiger partial charge in [-0.1, -0.05) is 13.8 Å². The lowest BCUT2D eigenvalue weighted by Crippen LogP contribution is -2.65. The molecule has 4 aliphatic rings. The van der Waals surface area contributed by atoms with Crippen molar-refractivity contribution in [2.24, 2.45) is 23.0 Å². The number of amides is 1. The van der Waals surface area contributed by atoms with Crippen molar-refractivity contribution < 1.29 is 34.8 Å². The van der Waals surface area contributed by atoms with Crippen molar-refractivity contribution in [1.29, 1.82) is 5.26 Å². The summed E-state index contributed by atoms with van der Waals surface area (Å²) >= 11 is 0. The van der Waals surface area contributed by atoms with E-state index in [0.717, 1.165) is 25.9 Å². The summed E-state index contributed by atoms with van der Waals surface area (Å²) in [6.07, 6.45) is 2.06. The second kappa shape index (κ2) is 9.69. The number of aliphatic hydroxyl groups is 3. The van der Waals surface area contributed by atoms with E-state index in [1.165, 1.54) is 11.0 Å². The number of likely N-dealkylation sites (tertiary alicyclic amines) is 1. The Labute approximate surface area is 238 Å². The van der Waals surface area contributed by atoms with E-state index < -0.39 is 58.0 Å². The molecule has 0 unspecified atom stereocenters. The summed E-state index contributed by atoms with van der Waals surface area (Å²) in [5.74, 6) is -7.09. The van der Waals surface area contributed by atoms with Crippen molar-refractivity contribution in [2.75, 3.05) is 27.2 Å². The van der Waals surface area contributed by atoms with Gasteiger partial charge in [-0.3, -0.25) is 24.2 Å². The van der Waals surface area contributed by atoms with Crippen LogP contribution in [-0.4, -0.2) is 86.5 Å². The van der Waals surface area contributed by atoms with Gasteiger partial charge in [-0.25, -0.2) is 0 Å². The van der Waals surface area contributed by atoms with Gasteiger partial charge in [0.2, 0.25) is 5.78 Å². The van der Waals surface area contributed by atoms with Crippen LogP contribution in [-0.2, 0) is 27.3 Å². The van der Waals surface area contributed by atoms with Gasteiger partial charge in [0.25, 0.3) is 5.91 Å². The van der Waals surface area contributed by atoms with Crippen molar-refractivity contribution in [1.82, 2.24) is 9.80 Å². The Morgan fingerprint density at radius 3 is 2.39 bits per heavy atom. The molecule has 1 aromatic rings. The zero-order chi connectivity index (χ0) is 30.2. The van der Waals surface area contributed by atoms with Crippen LogP contribution in [0.4, 0.5) is 0 Å². The Bertz CT molecular complexity index is 1470. The molecule has 11 nitrogen and oxygen atoms in total. The van der Waals surface area contributed by atoms with Crippen LogP contribution >= 0.6 is 0 Å². The summed E-state index contributed by atoms with van der Waals surface area (Å²) in [6.45, 7) is 6.56. The zero-order valence-electron chi connectivity index (χ0n) is 23.7. The highest BCUT2D eigenvalue weighted by Gasteiger charge is 2.64. The van der Waals surface area contributed by atoms with Gasteiger partial charge >= 0.3 is 0 Å². The zero-order valence-corrected chi connectivity index (χ0v) is 23.7. The van der Waals surface area contributed by atoms with E-state index in [1.54, 1.807) is 14.1 Å². The molecule has 1 aromatic carbocycles. The molecular weight excluding hydrogens is 528 g/mol. The monoisotopic (exact) mass is 564 g/mol. The Hall–Kier alpha value is -3.72. The van der Waals surface area contributed by atoms with E-state index in [2.05, 4.69) is 24.8 Å². The summed E-state index contributed by atoms with van der Waals surface area (Å²) in [7, 11) is 3.10. The molecule has 4 atom stereocenters. The number of aliphatic hydroxyl groups excluding tert-OH is 2. The summed E-state index contributed by atoms with van der Waals surface area (Å²) < 4.78 is 0. The van der Waals surface area contributed by atoms with Crippen molar-refractivity contribution in [3.05, 3.63) is 45.2 Å². The van der Waals surface area contributed by atoms with Gasteiger partial charge in [0.05, 0.1) is 23.2 Å². The molecular formula is C30H36N4O7. The molecule has 5 rings (SSSR count). The largest absolute Gasteiger partial charge is 0.508 e. The van der Waals surface area contributed by atoms with Crippen LogP contribution in [0.25, 0.3) is 5.76 Å². The quantitative estimate of drug-likeness (QED) is 0.335. The molecule has 11 heteroatoms. The second-order valence-electron chi connectivity index (χ2n) is 12.8. The number of carbonyl (C=O) groups excluding carboxylic acids is 3. The molecule has 1 saturated heterocycles. The smallest absolute Gasteiger partial charge is 0.255 e. The van der Waals surface area contributed by atoms with E-state index in [0.29, 0.717) is 23.2 Å². The number of hydrogen-bond acceptors (Lipinski definition) is 10. The molecule has 6 N–H and O–H groups in total. The maximum atomic E-state index is 13.9. The number of Topliss-reactive ketones (excluding diaryl/α,β-unsaturated/α-hetero) is 2. The fourth-order valence-electron chi connectivity index (χ4n) is 7.20. The lowest BCUT2D eigenvalue weighted by Gasteiger charge is -2.50. The Morgan fingerprint density at radius 2 is 1.83 bits per heavy atom. The van der Waals surface area contributed by atoms with Gasteiger partial charge in [-0.15, -0.1) is 0 Å². The maximum Gasteiger partial charge on any atom is 0.255 e. The molecule has 1 heterocycles. The first-order valence-electron chi connectivity index (χ1n) is 13.8. The van der Waals surface area contributed by atoms with E-state index in [1.807, 2.05) is 0 Å². The van der Waals surface area contributed by atoms with Crippen LogP contribution in [0.5, 0.6) is 5.75 Å². The van der Waals surface area contributed by atoms with Gasteiger partial charge in [-0.2, -0.15) is 5.26 Å². The fourth-order valence-corrected chi connectivity index (χ4v) is 7.20.